The Morgan fingerprint density at radius 2 is 2.12 bits per heavy atom. The zero-order chi connectivity index (χ0) is 11.7. The highest BCUT2D eigenvalue weighted by atomic mass is 16.2. The van der Waals surface area contributed by atoms with Gasteiger partial charge in [-0.25, -0.2) is 0 Å². The van der Waals surface area contributed by atoms with Crippen LogP contribution in [0.2, 0.25) is 0 Å². The molecule has 1 aliphatic rings. The Balaban J connectivity index is 2.32. The SMILES string of the molecule is Cc1cccc([C@@H]2NC(=O)CN(C)C2=O)c1. The van der Waals surface area contributed by atoms with E-state index in [1.165, 1.54) is 4.90 Å². The third-order valence-electron chi connectivity index (χ3n) is 2.68. The predicted molar refractivity (Wildman–Crippen MR) is 59.7 cm³/mol. The number of amides is 2. The van der Waals surface area contributed by atoms with Crippen molar-refractivity contribution >= 4 is 11.8 Å². The molecule has 0 spiro atoms. The van der Waals surface area contributed by atoms with Gasteiger partial charge < -0.3 is 10.2 Å². The molecule has 4 nitrogen and oxygen atoms in total. The Bertz CT molecular complexity index is 442. The highest BCUT2D eigenvalue weighted by Crippen LogP contribution is 2.19. The van der Waals surface area contributed by atoms with Crippen LogP contribution >= 0.6 is 0 Å². The van der Waals surface area contributed by atoms with Gasteiger partial charge in [-0.05, 0) is 12.5 Å². The van der Waals surface area contributed by atoms with Crippen LogP contribution in [0.1, 0.15) is 17.2 Å². The van der Waals surface area contributed by atoms with Crippen molar-refractivity contribution in [2.75, 3.05) is 13.6 Å². The number of aryl methyl sites for hydroxylation is 1. The Morgan fingerprint density at radius 1 is 1.38 bits per heavy atom. The fraction of sp³-hybridized carbons (Fsp3) is 0.333. The van der Waals surface area contributed by atoms with Gasteiger partial charge in [0, 0.05) is 7.05 Å². The quantitative estimate of drug-likeness (QED) is 0.751. The summed E-state index contributed by atoms with van der Waals surface area (Å²) in [6.45, 7) is 2.10. The number of benzene rings is 1. The molecule has 0 unspecified atom stereocenters. The van der Waals surface area contributed by atoms with E-state index in [1.807, 2.05) is 31.2 Å². The van der Waals surface area contributed by atoms with Crippen LogP contribution in [0.3, 0.4) is 0 Å². The molecule has 2 rings (SSSR count). The number of rotatable bonds is 1. The van der Waals surface area contributed by atoms with Crippen LogP contribution in [-0.4, -0.2) is 30.3 Å². The van der Waals surface area contributed by atoms with Crippen LogP contribution in [0.25, 0.3) is 0 Å². The number of hydrogen-bond acceptors (Lipinski definition) is 2. The van der Waals surface area contributed by atoms with Gasteiger partial charge in [-0.2, -0.15) is 0 Å². The van der Waals surface area contributed by atoms with Gasteiger partial charge >= 0.3 is 0 Å². The molecule has 1 heterocycles. The lowest BCUT2D eigenvalue weighted by Crippen LogP contribution is -2.51. The van der Waals surface area contributed by atoms with E-state index >= 15 is 0 Å². The predicted octanol–water partition coefficient (Wildman–Crippen LogP) is 0.624. The molecule has 1 aliphatic heterocycles. The average molecular weight is 218 g/mol. The maximum absolute atomic E-state index is 11.9. The van der Waals surface area contributed by atoms with Crippen molar-refractivity contribution < 1.29 is 9.59 Å². The van der Waals surface area contributed by atoms with Gasteiger partial charge in [0.2, 0.25) is 11.8 Å². The van der Waals surface area contributed by atoms with E-state index in [0.717, 1.165) is 11.1 Å². The summed E-state index contributed by atoms with van der Waals surface area (Å²) >= 11 is 0. The van der Waals surface area contributed by atoms with Crippen LogP contribution < -0.4 is 5.32 Å². The number of carbonyl (C=O) groups excluding carboxylic acids is 2. The summed E-state index contributed by atoms with van der Waals surface area (Å²) in [4.78, 5) is 24.7. The van der Waals surface area contributed by atoms with Crippen molar-refractivity contribution in [2.24, 2.45) is 0 Å². The topological polar surface area (TPSA) is 49.4 Å². The van der Waals surface area contributed by atoms with E-state index in [2.05, 4.69) is 5.32 Å². The van der Waals surface area contributed by atoms with Gasteiger partial charge in [-0.3, -0.25) is 9.59 Å². The molecule has 1 aromatic rings. The molecule has 0 radical (unpaired) electrons. The highest BCUT2D eigenvalue weighted by molar-refractivity contribution is 5.95. The molecular weight excluding hydrogens is 204 g/mol. The highest BCUT2D eigenvalue weighted by Gasteiger charge is 2.31. The molecule has 1 saturated heterocycles. The largest absolute Gasteiger partial charge is 0.339 e. The van der Waals surface area contributed by atoms with E-state index in [1.54, 1.807) is 7.05 Å². The second-order valence-electron chi connectivity index (χ2n) is 4.11. The maximum Gasteiger partial charge on any atom is 0.250 e. The molecule has 84 valence electrons. The first-order valence-corrected chi connectivity index (χ1v) is 5.19. The van der Waals surface area contributed by atoms with Crippen LogP contribution in [-0.2, 0) is 9.59 Å². The Kier molecular flexibility index (Phi) is 2.64. The summed E-state index contributed by atoms with van der Waals surface area (Å²) in [5.41, 5.74) is 1.91. The Hall–Kier alpha value is -1.84. The van der Waals surface area contributed by atoms with Crippen LogP contribution in [0.5, 0.6) is 0 Å². The minimum Gasteiger partial charge on any atom is -0.339 e. The molecule has 0 bridgehead atoms. The second-order valence-corrected chi connectivity index (χ2v) is 4.11. The fourth-order valence-corrected chi connectivity index (χ4v) is 1.86. The standard InChI is InChI=1S/C12H14N2O2/c1-8-4-3-5-9(6-8)11-12(16)14(2)7-10(15)13-11/h3-6,11H,7H2,1-2H3,(H,13,15)/t11-/m0/s1. The Labute approximate surface area is 94.2 Å². The average Bonchev–Trinajstić information content (AvgIpc) is 2.23. The molecule has 0 aliphatic carbocycles. The summed E-state index contributed by atoms with van der Waals surface area (Å²) in [5.74, 6) is -0.182. The van der Waals surface area contributed by atoms with E-state index in [0.29, 0.717) is 0 Å². The lowest BCUT2D eigenvalue weighted by molar-refractivity contribution is -0.143. The molecular formula is C12H14N2O2. The third-order valence-corrected chi connectivity index (χ3v) is 2.68. The molecule has 1 aromatic carbocycles. The number of nitrogens with one attached hydrogen (secondary N) is 1. The van der Waals surface area contributed by atoms with Crippen molar-refractivity contribution in [1.29, 1.82) is 0 Å². The normalized spacial score (nSPS) is 20.9. The summed E-state index contributed by atoms with van der Waals surface area (Å²) in [6.07, 6.45) is 0. The van der Waals surface area contributed by atoms with Crippen molar-refractivity contribution in [2.45, 2.75) is 13.0 Å². The van der Waals surface area contributed by atoms with Gasteiger partial charge in [0.15, 0.2) is 0 Å². The maximum atomic E-state index is 11.9. The third kappa shape index (κ3) is 1.91. The van der Waals surface area contributed by atoms with Gasteiger partial charge in [0.25, 0.3) is 0 Å². The second kappa shape index (κ2) is 3.96. The molecule has 1 N–H and O–H groups in total. The zero-order valence-electron chi connectivity index (χ0n) is 9.36. The smallest absolute Gasteiger partial charge is 0.250 e. The Morgan fingerprint density at radius 3 is 2.81 bits per heavy atom. The van der Waals surface area contributed by atoms with Crippen LogP contribution in [0.4, 0.5) is 0 Å². The van der Waals surface area contributed by atoms with Crippen LogP contribution in [0, 0.1) is 6.92 Å². The number of carbonyl (C=O) groups is 2. The summed E-state index contributed by atoms with van der Waals surface area (Å²) in [7, 11) is 1.64. The number of hydrogen-bond donors (Lipinski definition) is 1. The van der Waals surface area contributed by atoms with Crippen molar-refractivity contribution in [3.63, 3.8) is 0 Å². The van der Waals surface area contributed by atoms with Crippen molar-refractivity contribution in [1.82, 2.24) is 10.2 Å². The zero-order valence-corrected chi connectivity index (χ0v) is 9.36. The van der Waals surface area contributed by atoms with Crippen molar-refractivity contribution in [3.8, 4) is 0 Å². The van der Waals surface area contributed by atoms with Gasteiger partial charge in [0.1, 0.15) is 6.04 Å². The lowest BCUT2D eigenvalue weighted by Gasteiger charge is -2.30. The van der Waals surface area contributed by atoms with Crippen LogP contribution in [0.15, 0.2) is 24.3 Å². The summed E-state index contributed by atoms with van der Waals surface area (Å²) in [6, 6.07) is 7.09. The molecule has 4 heteroatoms. The first kappa shape index (κ1) is 10.7. The fourth-order valence-electron chi connectivity index (χ4n) is 1.86. The molecule has 1 fully saturated rings. The van der Waals surface area contributed by atoms with E-state index in [4.69, 9.17) is 0 Å². The van der Waals surface area contributed by atoms with E-state index < -0.39 is 6.04 Å². The molecule has 0 aromatic heterocycles. The minimum atomic E-state index is -0.536. The summed E-state index contributed by atoms with van der Waals surface area (Å²) in [5, 5.41) is 2.71. The molecule has 1 atom stereocenters. The van der Waals surface area contributed by atoms with E-state index in [9.17, 15) is 9.59 Å². The van der Waals surface area contributed by atoms with Crippen molar-refractivity contribution in [3.05, 3.63) is 35.4 Å². The first-order valence-electron chi connectivity index (χ1n) is 5.19. The van der Waals surface area contributed by atoms with Gasteiger partial charge in [0.05, 0.1) is 6.54 Å². The number of nitrogens with zero attached hydrogens (tertiary/aromatic N) is 1. The number of piperazine rings is 1. The minimum absolute atomic E-state index is 0.0646. The first-order chi connectivity index (χ1) is 7.58. The number of likely N-dealkylation sites (N-methyl/N-ethyl adjacent to an activating group) is 1. The molecule has 0 saturated carbocycles. The molecule has 2 amide bonds. The van der Waals surface area contributed by atoms with Gasteiger partial charge in [-0.1, -0.05) is 29.8 Å². The monoisotopic (exact) mass is 218 g/mol. The van der Waals surface area contributed by atoms with Gasteiger partial charge in [-0.15, -0.1) is 0 Å². The lowest BCUT2D eigenvalue weighted by atomic mass is 10.0. The molecule has 16 heavy (non-hydrogen) atoms. The van der Waals surface area contributed by atoms with E-state index in [-0.39, 0.29) is 18.4 Å². The summed E-state index contributed by atoms with van der Waals surface area (Å²) < 4.78 is 0.